The average molecular weight is 291 g/mol. The summed E-state index contributed by atoms with van der Waals surface area (Å²) in [6.07, 6.45) is 0. The third-order valence-electron chi connectivity index (χ3n) is 2.76. The van der Waals surface area contributed by atoms with Crippen LogP contribution in [0.1, 0.15) is 25.6 Å². The van der Waals surface area contributed by atoms with E-state index in [4.69, 9.17) is 0 Å². The molecule has 0 saturated carbocycles. The van der Waals surface area contributed by atoms with Crippen molar-refractivity contribution in [1.29, 1.82) is 0 Å². The number of carbonyl (C=O) groups excluding carboxylic acids is 2. The van der Waals surface area contributed by atoms with Crippen molar-refractivity contribution in [2.75, 3.05) is 12.4 Å². The number of amides is 1. The van der Waals surface area contributed by atoms with Crippen LogP contribution in [0.15, 0.2) is 29.6 Å². The molecule has 1 amide bonds. The average Bonchev–Trinajstić information content (AvgIpc) is 2.89. The van der Waals surface area contributed by atoms with Crippen molar-refractivity contribution in [3.63, 3.8) is 0 Å². The number of methoxy groups -OCH3 is 1. The third kappa shape index (κ3) is 2.80. The standard InChI is InChI=1S/C14H13NO4S/c1-8-3-4-9(7-11(8)16)13(17)15-10-5-6-20-12(10)14(18)19-2/h3-7,16H,1-2H3,(H,15,17). The van der Waals surface area contributed by atoms with Crippen molar-refractivity contribution in [2.45, 2.75) is 6.92 Å². The molecule has 0 aliphatic heterocycles. The Kier molecular flexibility index (Phi) is 4.05. The van der Waals surface area contributed by atoms with Crippen LogP contribution in [0.2, 0.25) is 0 Å². The zero-order valence-electron chi connectivity index (χ0n) is 11.0. The van der Waals surface area contributed by atoms with Crippen LogP contribution < -0.4 is 5.32 Å². The van der Waals surface area contributed by atoms with E-state index in [2.05, 4.69) is 10.1 Å². The molecule has 2 rings (SSSR count). The van der Waals surface area contributed by atoms with Gasteiger partial charge in [0, 0.05) is 5.56 Å². The van der Waals surface area contributed by atoms with Crippen LogP contribution in [-0.2, 0) is 4.74 Å². The highest BCUT2D eigenvalue weighted by atomic mass is 32.1. The van der Waals surface area contributed by atoms with Crippen LogP contribution in [0.5, 0.6) is 5.75 Å². The summed E-state index contributed by atoms with van der Waals surface area (Å²) in [5.74, 6) is -0.845. The lowest BCUT2D eigenvalue weighted by Crippen LogP contribution is -2.13. The van der Waals surface area contributed by atoms with Crippen molar-refractivity contribution >= 4 is 28.9 Å². The molecule has 1 heterocycles. The van der Waals surface area contributed by atoms with Crippen LogP contribution in [0.3, 0.4) is 0 Å². The number of aryl methyl sites for hydroxylation is 1. The molecule has 1 aromatic carbocycles. The highest BCUT2D eigenvalue weighted by Gasteiger charge is 2.16. The lowest BCUT2D eigenvalue weighted by Gasteiger charge is -2.07. The number of hydrogen-bond donors (Lipinski definition) is 2. The molecule has 0 atom stereocenters. The van der Waals surface area contributed by atoms with Gasteiger partial charge in [0.25, 0.3) is 5.91 Å². The van der Waals surface area contributed by atoms with Crippen LogP contribution in [-0.4, -0.2) is 24.1 Å². The molecule has 20 heavy (non-hydrogen) atoms. The topological polar surface area (TPSA) is 75.6 Å². The number of aromatic hydroxyl groups is 1. The Morgan fingerprint density at radius 2 is 2.05 bits per heavy atom. The number of hydrogen-bond acceptors (Lipinski definition) is 5. The van der Waals surface area contributed by atoms with Gasteiger partial charge in [-0.2, -0.15) is 0 Å². The molecule has 0 aliphatic carbocycles. The van der Waals surface area contributed by atoms with Gasteiger partial charge in [0.2, 0.25) is 0 Å². The molecule has 1 aromatic heterocycles. The summed E-state index contributed by atoms with van der Waals surface area (Å²) in [4.78, 5) is 23.9. The summed E-state index contributed by atoms with van der Waals surface area (Å²) < 4.78 is 4.64. The van der Waals surface area contributed by atoms with E-state index in [1.807, 2.05) is 0 Å². The first-order valence-electron chi connectivity index (χ1n) is 5.79. The van der Waals surface area contributed by atoms with Gasteiger partial charge in [0.05, 0.1) is 12.8 Å². The fraction of sp³-hybridized carbons (Fsp3) is 0.143. The summed E-state index contributed by atoms with van der Waals surface area (Å²) in [6, 6.07) is 6.27. The minimum Gasteiger partial charge on any atom is -0.508 e. The van der Waals surface area contributed by atoms with Gasteiger partial charge in [-0.25, -0.2) is 4.79 Å². The van der Waals surface area contributed by atoms with E-state index in [1.54, 1.807) is 30.5 Å². The molecule has 6 heteroatoms. The lowest BCUT2D eigenvalue weighted by atomic mass is 10.1. The molecule has 0 aliphatic rings. The van der Waals surface area contributed by atoms with E-state index in [0.717, 1.165) is 0 Å². The quantitative estimate of drug-likeness (QED) is 0.853. The molecule has 0 unspecified atom stereocenters. The normalized spacial score (nSPS) is 10.1. The minimum absolute atomic E-state index is 0.0520. The van der Waals surface area contributed by atoms with Gasteiger partial charge < -0.3 is 15.2 Å². The molecule has 0 bridgehead atoms. The van der Waals surface area contributed by atoms with Crippen molar-refractivity contribution in [3.05, 3.63) is 45.6 Å². The Morgan fingerprint density at radius 1 is 1.30 bits per heavy atom. The summed E-state index contributed by atoms with van der Waals surface area (Å²) in [5.41, 5.74) is 1.40. The van der Waals surface area contributed by atoms with Crippen molar-refractivity contribution in [2.24, 2.45) is 0 Å². The molecule has 5 nitrogen and oxygen atoms in total. The maximum atomic E-state index is 12.1. The minimum atomic E-state index is -0.498. The molecular weight excluding hydrogens is 278 g/mol. The fourth-order valence-corrected chi connectivity index (χ4v) is 2.37. The van der Waals surface area contributed by atoms with Crippen molar-refractivity contribution in [3.8, 4) is 5.75 Å². The number of phenolic OH excluding ortho intramolecular Hbond substituents is 1. The summed E-state index contributed by atoms with van der Waals surface area (Å²) in [6.45, 7) is 1.74. The van der Waals surface area contributed by atoms with Gasteiger partial charge in [0.15, 0.2) is 0 Å². The number of nitrogens with one attached hydrogen (secondary N) is 1. The Balaban J connectivity index is 2.22. The smallest absolute Gasteiger partial charge is 0.350 e. The number of benzene rings is 1. The van der Waals surface area contributed by atoms with E-state index in [1.165, 1.54) is 24.5 Å². The highest BCUT2D eigenvalue weighted by Crippen LogP contribution is 2.24. The van der Waals surface area contributed by atoms with E-state index >= 15 is 0 Å². The predicted molar refractivity (Wildman–Crippen MR) is 76.5 cm³/mol. The molecule has 0 fully saturated rings. The number of phenols is 1. The Labute approximate surface area is 119 Å². The first kappa shape index (κ1) is 14.1. The maximum Gasteiger partial charge on any atom is 0.350 e. The number of esters is 1. The summed E-state index contributed by atoms with van der Waals surface area (Å²) in [7, 11) is 1.28. The third-order valence-corrected chi connectivity index (χ3v) is 3.65. The van der Waals surface area contributed by atoms with E-state index < -0.39 is 11.9 Å². The maximum absolute atomic E-state index is 12.1. The van der Waals surface area contributed by atoms with Crippen LogP contribution in [0.25, 0.3) is 0 Å². The molecule has 0 radical (unpaired) electrons. The molecule has 104 valence electrons. The number of carbonyl (C=O) groups is 2. The first-order chi connectivity index (χ1) is 9.52. The van der Waals surface area contributed by atoms with Crippen LogP contribution in [0, 0.1) is 6.92 Å². The zero-order valence-corrected chi connectivity index (χ0v) is 11.8. The first-order valence-corrected chi connectivity index (χ1v) is 6.67. The van der Waals surface area contributed by atoms with E-state index in [9.17, 15) is 14.7 Å². The van der Waals surface area contributed by atoms with Crippen molar-refractivity contribution in [1.82, 2.24) is 0 Å². The summed E-state index contributed by atoms with van der Waals surface area (Å²) in [5, 5.41) is 13.9. The lowest BCUT2D eigenvalue weighted by molar-refractivity contribution is 0.0607. The second-order valence-electron chi connectivity index (χ2n) is 4.11. The van der Waals surface area contributed by atoms with Gasteiger partial charge in [-0.1, -0.05) is 6.07 Å². The Bertz CT molecular complexity index is 663. The molecule has 2 aromatic rings. The molecular formula is C14H13NO4S. The fourth-order valence-electron chi connectivity index (χ4n) is 1.60. The monoisotopic (exact) mass is 291 g/mol. The zero-order chi connectivity index (χ0) is 14.7. The van der Waals surface area contributed by atoms with Gasteiger partial charge in [-0.3, -0.25) is 4.79 Å². The number of rotatable bonds is 3. The second-order valence-corrected chi connectivity index (χ2v) is 5.03. The van der Waals surface area contributed by atoms with Gasteiger partial charge in [-0.05, 0) is 36.1 Å². The van der Waals surface area contributed by atoms with Crippen LogP contribution in [0.4, 0.5) is 5.69 Å². The molecule has 0 saturated heterocycles. The molecule has 2 N–H and O–H groups in total. The highest BCUT2D eigenvalue weighted by molar-refractivity contribution is 7.12. The predicted octanol–water partition coefficient (Wildman–Crippen LogP) is 2.80. The summed E-state index contributed by atoms with van der Waals surface area (Å²) >= 11 is 1.19. The van der Waals surface area contributed by atoms with Gasteiger partial charge in [-0.15, -0.1) is 11.3 Å². The van der Waals surface area contributed by atoms with Crippen LogP contribution >= 0.6 is 11.3 Å². The van der Waals surface area contributed by atoms with E-state index in [-0.39, 0.29) is 5.75 Å². The van der Waals surface area contributed by atoms with Gasteiger partial charge in [0.1, 0.15) is 10.6 Å². The second kappa shape index (κ2) is 5.75. The molecule has 0 spiro atoms. The van der Waals surface area contributed by atoms with Crippen molar-refractivity contribution < 1.29 is 19.4 Å². The SMILES string of the molecule is COC(=O)c1sccc1NC(=O)c1ccc(C)c(O)c1. The number of anilines is 1. The number of ether oxygens (including phenoxy) is 1. The Morgan fingerprint density at radius 3 is 2.70 bits per heavy atom. The van der Waals surface area contributed by atoms with E-state index in [0.29, 0.717) is 21.7 Å². The van der Waals surface area contributed by atoms with Gasteiger partial charge >= 0.3 is 5.97 Å². The Hall–Kier alpha value is -2.34. The number of thiophene rings is 1. The largest absolute Gasteiger partial charge is 0.508 e.